The lowest BCUT2D eigenvalue weighted by atomic mass is 10.1. The van der Waals surface area contributed by atoms with Crippen molar-refractivity contribution in [1.82, 2.24) is 5.32 Å². The fourth-order valence-electron chi connectivity index (χ4n) is 2.52. The lowest BCUT2D eigenvalue weighted by Gasteiger charge is -2.20. The number of halogens is 1. The summed E-state index contributed by atoms with van der Waals surface area (Å²) in [5, 5.41) is 4.51. The Morgan fingerprint density at radius 2 is 2.18 bits per heavy atom. The van der Waals surface area contributed by atoms with E-state index < -0.39 is 0 Å². The highest BCUT2D eigenvalue weighted by Gasteiger charge is 2.23. The zero-order chi connectivity index (χ0) is 12.3. The molecule has 1 aromatic rings. The van der Waals surface area contributed by atoms with E-state index in [4.69, 9.17) is 16.3 Å². The Kier molecular flexibility index (Phi) is 4.43. The van der Waals surface area contributed by atoms with Crippen LogP contribution in [0.4, 0.5) is 0 Å². The molecule has 0 aromatic heterocycles. The van der Waals surface area contributed by atoms with Crippen LogP contribution in [0.15, 0.2) is 18.2 Å². The highest BCUT2D eigenvalue weighted by molar-refractivity contribution is 6.30. The van der Waals surface area contributed by atoms with Crippen molar-refractivity contribution < 1.29 is 4.74 Å². The molecule has 0 fully saturated rings. The third-order valence-electron chi connectivity index (χ3n) is 3.43. The van der Waals surface area contributed by atoms with Gasteiger partial charge in [-0.05, 0) is 42.5 Å². The first-order chi connectivity index (χ1) is 8.22. The van der Waals surface area contributed by atoms with E-state index in [1.54, 1.807) is 7.11 Å². The molecule has 2 nitrogen and oxygen atoms in total. The maximum absolute atomic E-state index is 6.01. The topological polar surface area (TPSA) is 21.3 Å². The van der Waals surface area contributed by atoms with Gasteiger partial charge >= 0.3 is 0 Å². The molecular weight excluding hydrogens is 234 g/mol. The fraction of sp³-hybridized carbons (Fsp3) is 0.571. The number of hydrogen-bond acceptors (Lipinski definition) is 2. The zero-order valence-corrected chi connectivity index (χ0v) is 11.3. The third kappa shape index (κ3) is 3.21. The Hall–Kier alpha value is -0.570. The predicted octanol–water partition coefficient (Wildman–Crippen LogP) is 2.82. The van der Waals surface area contributed by atoms with Gasteiger partial charge in [0.1, 0.15) is 0 Å². The molecule has 1 N–H and O–H groups in total. The van der Waals surface area contributed by atoms with E-state index in [2.05, 4.69) is 24.4 Å². The van der Waals surface area contributed by atoms with Crippen molar-refractivity contribution in [2.75, 3.05) is 13.7 Å². The van der Waals surface area contributed by atoms with Crippen molar-refractivity contribution in [2.45, 2.75) is 38.3 Å². The van der Waals surface area contributed by atoms with Crippen molar-refractivity contribution >= 4 is 11.6 Å². The Morgan fingerprint density at radius 3 is 2.88 bits per heavy atom. The van der Waals surface area contributed by atoms with E-state index in [0.29, 0.717) is 12.1 Å². The normalized spacial score (nSPS) is 20.3. The van der Waals surface area contributed by atoms with Crippen LogP contribution in [0, 0.1) is 0 Å². The van der Waals surface area contributed by atoms with E-state index in [-0.39, 0.29) is 0 Å². The minimum absolute atomic E-state index is 0.454. The molecule has 3 heteroatoms. The maximum Gasteiger partial charge on any atom is 0.0615 e. The smallest absolute Gasteiger partial charge is 0.0615 e. The average molecular weight is 254 g/mol. The molecular formula is C14H20ClNO. The van der Waals surface area contributed by atoms with E-state index in [9.17, 15) is 0 Å². The molecule has 1 aromatic carbocycles. The summed E-state index contributed by atoms with van der Waals surface area (Å²) in [4.78, 5) is 0. The molecule has 0 heterocycles. The van der Waals surface area contributed by atoms with Crippen LogP contribution >= 0.6 is 11.6 Å². The monoisotopic (exact) mass is 253 g/mol. The summed E-state index contributed by atoms with van der Waals surface area (Å²) >= 11 is 6.01. The molecule has 2 unspecified atom stereocenters. The molecule has 0 bridgehead atoms. The fourth-order valence-corrected chi connectivity index (χ4v) is 2.72. The molecule has 1 aliphatic rings. The summed E-state index contributed by atoms with van der Waals surface area (Å²) in [7, 11) is 1.76. The summed E-state index contributed by atoms with van der Waals surface area (Å²) in [6.45, 7) is 2.97. The first-order valence-corrected chi connectivity index (χ1v) is 6.63. The van der Waals surface area contributed by atoms with Crippen LogP contribution in [0.3, 0.4) is 0 Å². The SMILES string of the molecule is CCC(COC)NC1Cc2ccc(Cl)cc2C1. The highest BCUT2D eigenvalue weighted by Crippen LogP contribution is 2.25. The van der Waals surface area contributed by atoms with Crippen LogP contribution in [-0.2, 0) is 17.6 Å². The van der Waals surface area contributed by atoms with Gasteiger partial charge in [0.15, 0.2) is 0 Å². The molecule has 2 atom stereocenters. The molecule has 1 aliphatic carbocycles. The van der Waals surface area contributed by atoms with Crippen LogP contribution in [0.5, 0.6) is 0 Å². The van der Waals surface area contributed by atoms with Gasteiger partial charge in [-0.25, -0.2) is 0 Å². The summed E-state index contributed by atoms with van der Waals surface area (Å²) in [5.74, 6) is 0. The summed E-state index contributed by atoms with van der Waals surface area (Å²) in [5.41, 5.74) is 2.82. The molecule has 94 valence electrons. The second-order valence-corrected chi connectivity index (χ2v) is 5.18. The quantitative estimate of drug-likeness (QED) is 0.871. The van der Waals surface area contributed by atoms with E-state index >= 15 is 0 Å². The molecule has 17 heavy (non-hydrogen) atoms. The molecule has 0 spiro atoms. The van der Waals surface area contributed by atoms with E-state index in [1.807, 2.05) is 6.07 Å². The number of ether oxygens (including phenoxy) is 1. The lowest BCUT2D eigenvalue weighted by molar-refractivity contribution is 0.159. The molecule has 2 rings (SSSR count). The number of nitrogens with one attached hydrogen (secondary N) is 1. The number of methoxy groups -OCH3 is 1. The number of fused-ring (bicyclic) bond motifs is 1. The standard InChI is InChI=1S/C14H20ClNO/c1-3-13(9-17-2)16-14-7-10-4-5-12(15)6-11(10)8-14/h4-6,13-14,16H,3,7-9H2,1-2H3. The van der Waals surface area contributed by atoms with Crippen molar-refractivity contribution in [3.63, 3.8) is 0 Å². The van der Waals surface area contributed by atoms with Crippen LogP contribution in [-0.4, -0.2) is 25.8 Å². The Labute approximate surface area is 108 Å². The molecule has 0 saturated heterocycles. The van der Waals surface area contributed by atoms with Crippen molar-refractivity contribution in [2.24, 2.45) is 0 Å². The molecule has 0 amide bonds. The number of benzene rings is 1. The van der Waals surface area contributed by atoms with E-state index in [1.165, 1.54) is 11.1 Å². The summed E-state index contributed by atoms with van der Waals surface area (Å²) < 4.78 is 5.22. The van der Waals surface area contributed by atoms with Crippen LogP contribution in [0.1, 0.15) is 24.5 Å². The maximum atomic E-state index is 6.01. The van der Waals surface area contributed by atoms with Crippen molar-refractivity contribution in [3.05, 3.63) is 34.3 Å². The number of hydrogen-bond donors (Lipinski definition) is 1. The van der Waals surface area contributed by atoms with Gasteiger partial charge in [-0.15, -0.1) is 0 Å². The zero-order valence-electron chi connectivity index (χ0n) is 10.5. The molecule has 0 aliphatic heterocycles. The molecule has 0 saturated carbocycles. The average Bonchev–Trinajstić information content (AvgIpc) is 2.69. The minimum Gasteiger partial charge on any atom is -0.383 e. The number of rotatable bonds is 5. The van der Waals surface area contributed by atoms with Gasteiger partial charge in [-0.3, -0.25) is 0 Å². The second-order valence-electron chi connectivity index (χ2n) is 4.75. The predicted molar refractivity (Wildman–Crippen MR) is 71.7 cm³/mol. The first kappa shape index (κ1) is 12.9. The van der Waals surface area contributed by atoms with Crippen LogP contribution in [0.25, 0.3) is 0 Å². The summed E-state index contributed by atoms with van der Waals surface area (Å²) in [6, 6.07) is 7.21. The van der Waals surface area contributed by atoms with Crippen molar-refractivity contribution in [3.8, 4) is 0 Å². The largest absolute Gasteiger partial charge is 0.383 e. The van der Waals surface area contributed by atoms with Gasteiger partial charge in [-0.2, -0.15) is 0 Å². The van der Waals surface area contributed by atoms with Gasteiger partial charge < -0.3 is 10.1 Å². The lowest BCUT2D eigenvalue weighted by Crippen LogP contribution is -2.41. The Morgan fingerprint density at radius 1 is 1.41 bits per heavy atom. The minimum atomic E-state index is 0.454. The molecule has 0 radical (unpaired) electrons. The van der Waals surface area contributed by atoms with Gasteiger partial charge in [-0.1, -0.05) is 24.6 Å². The van der Waals surface area contributed by atoms with Gasteiger partial charge in [0.25, 0.3) is 0 Å². The van der Waals surface area contributed by atoms with Gasteiger partial charge in [0, 0.05) is 24.2 Å². The van der Waals surface area contributed by atoms with Gasteiger partial charge in [0.05, 0.1) is 6.61 Å². The van der Waals surface area contributed by atoms with Gasteiger partial charge in [0.2, 0.25) is 0 Å². The van der Waals surface area contributed by atoms with Crippen LogP contribution in [0.2, 0.25) is 5.02 Å². The van der Waals surface area contributed by atoms with E-state index in [0.717, 1.165) is 30.9 Å². The Balaban J connectivity index is 1.95. The third-order valence-corrected chi connectivity index (χ3v) is 3.67. The van der Waals surface area contributed by atoms with Crippen molar-refractivity contribution in [1.29, 1.82) is 0 Å². The Bertz CT molecular complexity index is 380. The van der Waals surface area contributed by atoms with Crippen LogP contribution < -0.4 is 5.32 Å². The summed E-state index contributed by atoms with van der Waals surface area (Å²) in [6.07, 6.45) is 3.28. The first-order valence-electron chi connectivity index (χ1n) is 6.25. The highest BCUT2D eigenvalue weighted by atomic mass is 35.5. The second kappa shape index (κ2) is 5.85.